The van der Waals surface area contributed by atoms with Crippen molar-refractivity contribution >= 4 is 11.8 Å². The number of ether oxygens (including phenoxy) is 2. The first kappa shape index (κ1) is 18.5. The molecule has 0 bridgehead atoms. The molecule has 0 aromatic heterocycles. The second kappa shape index (κ2) is 8.43. The Labute approximate surface area is 154 Å². The number of nitrogens with one attached hydrogen (secondary N) is 1. The second-order valence-corrected chi connectivity index (χ2v) is 7.30. The molecule has 1 aliphatic heterocycles. The average Bonchev–Trinajstić information content (AvgIpc) is 3.46. The number of benzene rings is 1. The van der Waals surface area contributed by atoms with Gasteiger partial charge in [0, 0.05) is 13.1 Å². The molecular formula is C20H28N2O4. The number of nitrogens with zero attached hydrogens (tertiary/aromatic N) is 1. The molecule has 6 heteroatoms. The molecule has 6 nitrogen and oxygen atoms in total. The van der Waals surface area contributed by atoms with Crippen LogP contribution in [-0.4, -0.2) is 50.1 Å². The molecule has 26 heavy (non-hydrogen) atoms. The quantitative estimate of drug-likeness (QED) is 0.756. The van der Waals surface area contributed by atoms with E-state index in [2.05, 4.69) is 12.2 Å². The van der Waals surface area contributed by atoms with Crippen molar-refractivity contribution in [3.05, 3.63) is 24.3 Å². The lowest BCUT2D eigenvalue weighted by atomic mass is 10.00. The summed E-state index contributed by atoms with van der Waals surface area (Å²) >= 11 is 0. The molecule has 1 saturated heterocycles. The van der Waals surface area contributed by atoms with Gasteiger partial charge in [-0.25, -0.2) is 0 Å². The summed E-state index contributed by atoms with van der Waals surface area (Å²) in [6.45, 7) is 4.68. The first-order chi connectivity index (χ1) is 12.6. The topological polar surface area (TPSA) is 67.9 Å². The smallest absolute Gasteiger partial charge is 0.226 e. The second-order valence-electron chi connectivity index (χ2n) is 7.30. The number of likely N-dealkylation sites (tertiary alicyclic amines) is 1. The van der Waals surface area contributed by atoms with E-state index in [1.54, 1.807) is 7.11 Å². The standard InChI is InChI=1S/C20H28N2O4/c1-14-4-3-10-22(13-14)20(24)18-12-17(18)19(23)21-9-11-26-16-7-5-15(25-2)6-8-16/h5-8,14,17-18H,3-4,9-13H2,1-2H3,(H,21,23). The zero-order valence-corrected chi connectivity index (χ0v) is 15.6. The Morgan fingerprint density at radius 2 is 1.92 bits per heavy atom. The Balaban J connectivity index is 1.35. The molecular weight excluding hydrogens is 332 g/mol. The number of carbonyl (C=O) groups is 2. The molecule has 1 heterocycles. The molecule has 0 radical (unpaired) electrons. The molecule has 1 aromatic rings. The van der Waals surface area contributed by atoms with Gasteiger partial charge in [-0.15, -0.1) is 0 Å². The summed E-state index contributed by atoms with van der Waals surface area (Å²) in [6, 6.07) is 7.32. The lowest BCUT2D eigenvalue weighted by molar-refractivity contribution is -0.136. The first-order valence-electron chi connectivity index (χ1n) is 9.42. The minimum Gasteiger partial charge on any atom is -0.497 e. The minimum atomic E-state index is -0.166. The fraction of sp³-hybridized carbons (Fsp3) is 0.600. The Bertz CT molecular complexity index is 631. The van der Waals surface area contributed by atoms with Gasteiger partial charge < -0.3 is 19.7 Å². The van der Waals surface area contributed by atoms with E-state index in [0.29, 0.717) is 25.5 Å². The molecule has 142 valence electrons. The summed E-state index contributed by atoms with van der Waals surface area (Å²) in [4.78, 5) is 26.7. The molecule has 1 N–H and O–H groups in total. The van der Waals surface area contributed by atoms with E-state index >= 15 is 0 Å². The van der Waals surface area contributed by atoms with Crippen LogP contribution in [0.4, 0.5) is 0 Å². The van der Waals surface area contributed by atoms with Gasteiger partial charge in [-0.1, -0.05) is 6.92 Å². The van der Waals surface area contributed by atoms with Gasteiger partial charge in [-0.05, 0) is 49.4 Å². The highest BCUT2D eigenvalue weighted by Crippen LogP contribution is 2.40. The van der Waals surface area contributed by atoms with Crippen LogP contribution in [0.3, 0.4) is 0 Å². The van der Waals surface area contributed by atoms with Gasteiger partial charge in [0.1, 0.15) is 18.1 Å². The van der Waals surface area contributed by atoms with Gasteiger partial charge in [0.15, 0.2) is 0 Å². The number of hydrogen-bond donors (Lipinski definition) is 1. The Morgan fingerprint density at radius 1 is 1.19 bits per heavy atom. The van der Waals surface area contributed by atoms with Crippen molar-refractivity contribution in [3.8, 4) is 11.5 Å². The molecule has 3 rings (SSSR count). The van der Waals surface area contributed by atoms with Gasteiger partial charge in [0.25, 0.3) is 0 Å². The third-order valence-electron chi connectivity index (χ3n) is 5.14. The minimum absolute atomic E-state index is 0.0354. The molecule has 3 atom stereocenters. The summed E-state index contributed by atoms with van der Waals surface area (Å²) in [5.74, 6) is 1.91. The number of piperidine rings is 1. The maximum Gasteiger partial charge on any atom is 0.226 e. The van der Waals surface area contributed by atoms with E-state index in [1.165, 1.54) is 6.42 Å². The van der Waals surface area contributed by atoms with Gasteiger partial charge in [-0.3, -0.25) is 9.59 Å². The fourth-order valence-electron chi connectivity index (χ4n) is 3.53. The van der Waals surface area contributed by atoms with E-state index in [-0.39, 0.29) is 23.7 Å². The fourth-order valence-corrected chi connectivity index (χ4v) is 3.53. The van der Waals surface area contributed by atoms with Crippen LogP contribution >= 0.6 is 0 Å². The maximum atomic E-state index is 12.5. The van der Waals surface area contributed by atoms with Gasteiger partial charge in [0.05, 0.1) is 25.5 Å². The number of carbonyl (C=O) groups excluding carboxylic acids is 2. The van der Waals surface area contributed by atoms with E-state index in [0.717, 1.165) is 31.0 Å². The molecule has 1 aliphatic carbocycles. The van der Waals surface area contributed by atoms with E-state index in [1.807, 2.05) is 29.2 Å². The van der Waals surface area contributed by atoms with Gasteiger partial charge in [0.2, 0.25) is 11.8 Å². The summed E-state index contributed by atoms with van der Waals surface area (Å²) in [5.41, 5.74) is 0. The van der Waals surface area contributed by atoms with Crippen LogP contribution in [0.5, 0.6) is 11.5 Å². The van der Waals surface area contributed by atoms with Crippen molar-refractivity contribution in [2.45, 2.75) is 26.2 Å². The normalized spacial score (nSPS) is 24.7. The molecule has 3 unspecified atom stereocenters. The highest BCUT2D eigenvalue weighted by molar-refractivity contribution is 5.92. The molecule has 2 aliphatic rings. The van der Waals surface area contributed by atoms with Crippen molar-refractivity contribution in [1.82, 2.24) is 10.2 Å². The van der Waals surface area contributed by atoms with Crippen LogP contribution in [0, 0.1) is 17.8 Å². The average molecular weight is 360 g/mol. The summed E-state index contributed by atoms with van der Waals surface area (Å²) in [5, 5.41) is 2.87. The van der Waals surface area contributed by atoms with Gasteiger partial charge in [-0.2, -0.15) is 0 Å². The van der Waals surface area contributed by atoms with Crippen LogP contribution in [0.2, 0.25) is 0 Å². The van der Waals surface area contributed by atoms with Crippen LogP contribution in [-0.2, 0) is 9.59 Å². The van der Waals surface area contributed by atoms with Crippen molar-refractivity contribution in [2.75, 3.05) is 33.4 Å². The highest BCUT2D eigenvalue weighted by Gasteiger charge is 2.49. The lowest BCUT2D eigenvalue weighted by Crippen LogP contribution is -2.41. The zero-order valence-electron chi connectivity index (χ0n) is 15.6. The van der Waals surface area contributed by atoms with Crippen LogP contribution in [0.15, 0.2) is 24.3 Å². The van der Waals surface area contributed by atoms with E-state index in [4.69, 9.17) is 9.47 Å². The van der Waals surface area contributed by atoms with Crippen molar-refractivity contribution in [2.24, 2.45) is 17.8 Å². The number of methoxy groups -OCH3 is 1. The predicted molar refractivity (Wildman–Crippen MR) is 98.1 cm³/mol. The van der Waals surface area contributed by atoms with Crippen molar-refractivity contribution in [1.29, 1.82) is 0 Å². The SMILES string of the molecule is COc1ccc(OCCNC(=O)C2CC2C(=O)N2CCCC(C)C2)cc1. The Kier molecular flexibility index (Phi) is 6.01. The van der Waals surface area contributed by atoms with Crippen LogP contribution < -0.4 is 14.8 Å². The highest BCUT2D eigenvalue weighted by atomic mass is 16.5. The van der Waals surface area contributed by atoms with Crippen LogP contribution in [0.1, 0.15) is 26.2 Å². The third-order valence-corrected chi connectivity index (χ3v) is 5.14. The Hall–Kier alpha value is -2.24. The third kappa shape index (κ3) is 4.68. The maximum absolute atomic E-state index is 12.5. The van der Waals surface area contributed by atoms with Crippen LogP contribution in [0.25, 0.3) is 0 Å². The summed E-state index contributed by atoms with van der Waals surface area (Å²) in [7, 11) is 1.62. The van der Waals surface area contributed by atoms with Gasteiger partial charge >= 0.3 is 0 Å². The largest absolute Gasteiger partial charge is 0.497 e. The molecule has 0 spiro atoms. The molecule has 2 fully saturated rings. The first-order valence-corrected chi connectivity index (χ1v) is 9.42. The van der Waals surface area contributed by atoms with E-state index in [9.17, 15) is 9.59 Å². The number of hydrogen-bond acceptors (Lipinski definition) is 4. The number of rotatable bonds is 7. The number of amides is 2. The van der Waals surface area contributed by atoms with Crippen molar-refractivity contribution < 1.29 is 19.1 Å². The molecule has 1 aromatic carbocycles. The van der Waals surface area contributed by atoms with Crippen molar-refractivity contribution in [3.63, 3.8) is 0 Å². The monoisotopic (exact) mass is 360 g/mol. The lowest BCUT2D eigenvalue weighted by Gasteiger charge is -2.31. The summed E-state index contributed by atoms with van der Waals surface area (Å²) in [6.07, 6.45) is 2.93. The predicted octanol–water partition coefficient (Wildman–Crippen LogP) is 2.08. The molecule has 1 saturated carbocycles. The summed E-state index contributed by atoms with van der Waals surface area (Å²) < 4.78 is 10.7. The van der Waals surface area contributed by atoms with E-state index < -0.39 is 0 Å². The zero-order chi connectivity index (χ0) is 18.5. The Morgan fingerprint density at radius 3 is 2.62 bits per heavy atom. The molecule has 2 amide bonds.